The Morgan fingerprint density at radius 3 is 2.68 bits per heavy atom. The lowest BCUT2D eigenvalue weighted by Crippen LogP contribution is -2.36. The van der Waals surface area contributed by atoms with E-state index in [9.17, 15) is 10.2 Å². The van der Waals surface area contributed by atoms with Crippen LogP contribution in [0.3, 0.4) is 0 Å². The van der Waals surface area contributed by atoms with Gasteiger partial charge in [-0.15, -0.1) is 0 Å². The summed E-state index contributed by atoms with van der Waals surface area (Å²) in [5, 5.41) is 21.3. The summed E-state index contributed by atoms with van der Waals surface area (Å²) in [4.78, 5) is 0. The molecule has 2 heteroatoms. The van der Waals surface area contributed by atoms with Crippen LogP contribution in [0.1, 0.15) is 53.4 Å². The van der Waals surface area contributed by atoms with Gasteiger partial charge >= 0.3 is 0 Å². The highest BCUT2D eigenvalue weighted by Crippen LogP contribution is 2.47. The Kier molecular flexibility index (Phi) is 5.68. The van der Waals surface area contributed by atoms with Crippen LogP contribution in [-0.4, -0.2) is 22.4 Å². The second-order valence-electron chi connectivity index (χ2n) is 7.64. The Morgan fingerprint density at radius 2 is 2.05 bits per heavy atom. The summed E-state index contributed by atoms with van der Waals surface area (Å²) in [5.41, 5.74) is 3.61. The molecule has 22 heavy (non-hydrogen) atoms. The van der Waals surface area contributed by atoms with Gasteiger partial charge in [0.05, 0.1) is 12.2 Å². The third-order valence-corrected chi connectivity index (χ3v) is 5.70. The first-order chi connectivity index (χ1) is 10.3. The smallest absolute Gasteiger partial charge is 0.0795 e. The molecule has 2 aliphatic carbocycles. The standard InChI is InChI=1S/C20H32O2/c1-12(2)7-6-8-13(3)16-10-9-14(4)18-17(21)11-15(5)19(18)20(16)22/h7,11,13,16-22H,4,6,8-10H2,1-3,5H3. The van der Waals surface area contributed by atoms with E-state index in [1.807, 2.05) is 13.0 Å². The minimum Gasteiger partial charge on any atom is -0.392 e. The molecule has 0 heterocycles. The molecule has 0 amide bonds. The van der Waals surface area contributed by atoms with Crippen LogP contribution in [0.4, 0.5) is 0 Å². The van der Waals surface area contributed by atoms with Gasteiger partial charge in [-0.2, -0.15) is 0 Å². The SMILES string of the molecule is C=C1CCC(C(C)CCC=C(C)C)C(O)C2C(C)=CC(O)C12. The van der Waals surface area contributed by atoms with E-state index < -0.39 is 6.10 Å². The zero-order chi connectivity index (χ0) is 16.4. The van der Waals surface area contributed by atoms with Gasteiger partial charge in [0.2, 0.25) is 0 Å². The van der Waals surface area contributed by atoms with Gasteiger partial charge in [-0.1, -0.05) is 42.4 Å². The Morgan fingerprint density at radius 1 is 1.36 bits per heavy atom. The van der Waals surface area contributed by atoms with Gasteiger partial charge < -0.3 is 10.2 Å². The quantitative estimate of drug-likeness (QED) is 0.762. The van der Waals surface area contributed by atoms with Gasteiger partial charge in [-0.3, -0.25) is 0 Å². The van der Waals surface area contributed by atoms with Crippen molar-refractivity contribution in [3.05, 3.63) is 35.5 Å². The second kappa shape index (κ2) is 7.14. The van der Waals surface area contributed by atoms with Crippen molar-refractivity contribution >= 4 is 0 Å². The van der Waals surface area contributed by atoms with Crippen LogP contribution in [0.2, 0.25) is 0 Å². The molecule has 2 rings (SSSR count). The maximum Gasteiger partial charge on any atom is 0.0795 e. The molecular formula is C20H32O2. The number of hydrogen-bond acceptors (Lipinski definition) is 2. The van der Waals surface area contributed by atoms with Crippen molar-refractivity contribution in [3.8, 4) is 0 Å². The number of fused-ring (bicyclic) bond motifs is 1. The molecule has 2 N–H and O–H groups in total. The van der Waals surface area contributed by atoms with E-state index >= 15 is 0 Å². The average Bonchev–Trinajstić information content (AvgIpc) is 2.64. The molecule has 1 fully saturated rings. The zero-order valence-corrected chi connectivity index (χ0v) is 14.5. The first kappa shape index (κ1) is 17.5. The van der Waals surface area contributed by atoms with E-state index in [2.05, 4.69) is 33.4 Å². The molecule has 0 spiro atoms. The molecular weight excluding hydrogens is 272 g/mol. The Balaban J connectivity index is 2.12. The maximum absolute atomic E-state index is 11.0. The third-order valence-electron chi connectivity index (χ3n) is 5.70. The van der Waals surface area contributed by atoms with Crippen LogP contribution >= 0.6 is 0 Å². The van der Waals surface area contributed by atoms with Crippen LogP contribution in [0, 0.1) is 23.7 Å². The van der Waals surface area contributed by atoms with Crippen LogP contribution in [0.15, 0.2) is 35.5 Å². The van der Waals surface area contributed by atoms with E-state index in [0.29, 0.717) is 11.8 Å². The van der Waals surface area contributed by atoms with Crippen LogP contribution in [-0.2, 0) is 0 Å². The summed E-state index contributed by atoms with van der Waals surface area (Å²) in [7, 11) is 0. The number of aliphatic hydroxyl groups excluding tert-OH is 2. The Labute approximate surface area is 135 Å². The fourth-order valence-corrected chi connectivity index (χ4v) is 4.38. The molecule has 2 nitrogen and oxygen atoms in total. The molecule has 0 aromatic rings. The minimum absolute atomic E-state index is 0.0185. The fourth-order valence-electron chi connectivity index (χ4n) is 4.38. The van der Waals surface area contributed by atoms with Crippen molar-refractivity contribution in [2.75, 3.05) is 0 Å². The van der Waals surface area contributed by atoms with Crippen molar-refractivity contribution in [1.29, 1.82) is 0 Å². The average molecular weight is 304 g/mol. The minimum atomic E-state index is -0.466. The summed E-state index contributed by atoms with van der Waals surface area (Å²) in [6.07, 6.45) is 7.48. The third kappa shape index (κ3) is 3.55. The van der Waals surface area contributed by atoms with Crippen molar-refractivity contribution < 1.29 is 10.2 Å². The van der Waals surface area contributed by atoms with Gasteiger partial charge in [0.1, 0.15) is 0 Å². The number of hydrogen-bond donors (Lipinski definition) is 2. The van der Waals surface area contributed by atoms with Crippen molar-refractivity contribution in [1.82, 2.24) is 0 Å². The Bertz CT molecular complexity index is 470. The molecule has 6 atom stereocenters. The van der Waals surface area contributed by atoms with Crippen LogP contribution in [0.25, 0.3) is 0 Å². The fraction of sp³-hybridized carbons (Fsp3) is 0.700. The van der Waals surface area contributed by atoms with Gasteiger partial charge in [0.15, 0.2) is 0 Å². The van der Waals surface area contributed by atoms with Crippen LogP contribution < -0.4 is 0 Å². The molecule has 0 aromatic heterocycles. The highest BCUT2D eigenvalue weighted by molar-refractivity contribution is 5.28. The van der Waals surface area contributed by atoms with Gasteiger partial charge in [-0.25, -0.2) is 0 Å². The largest absolute Gasteiger partial charge is 0.392 e. The van der Waals surface area contributed by atoms with E-state index in [-0.39, 0.29) is 17.9 Å². The maximum atomic E-state index is 11.0. The molecule has 0 aromatic carbocycles. The van der Waals surface area contributed by atoms with E-state index in [1.165, 1.54) is 5.57 Å². The summed E-state index contributed by atoms with van der Waals surface area (Å²) >= 11 is 0. The van der Waals surface area contributed by atoms with Crippen molar-refractivity contribution in [2.45, 2.75) is 65.6 Å². The summed E-state index contributed by atoms with van der Waals surface area (Å²) in [5.74, 6) is 0.861. The normalized spacial score (nSPS) is 36.4. The summed E-state index contributed by atoms with van der Waals surface area (Å²) in [6, 6.07) is 0. The number of rotatable bonds is 4. The molecule has 1 saturated carbocycles. The topological polar surface area (TPSA) is 40.5 Å². The molecule has 6 unspecified atom stereocenters. The first-order valence-corrected chi connectivity index (χ1v) is 8.68. The van der Waals surface area contributed by atoms with Crippen LogP contribution in [0.5, 0.6) is 0 Å². The highest BCUT2D eigenvalue weighted by atomic mass is 16.3. The number of allylic oxidation sites excluding steroid dienone is 2. The lowest BCUT2D eigenvalue weighted by molar-refractivity contribution is 0.0174. The predicted octanol–water partition coefficient (Wildman–Crippen LogP) is 4.25. The van der Waals surface area contributed by atoms with E-state index in [0.717, 1.165) is 36.8 Å². The predicted molar refractivity (Wildman–Crippen MR) is 92.4 cm³/mol. The van der Waals surface area contributed by atoms with E-state index in [1.54, 1.807) is 0 Å². The molecule has 124 valence electrons. The van der Waals surface area contributed by atoms with E-state index in [4.69, 9.17) is 0 Å². The van der Waals surface area contributed by atoms with Gasteiger partial charge in [-0.05, 0) is 58.3 Å². The van der Waals surface area contributed by atoms with Crippen molar-refractivity contribution in [3.63, 3.8) is 0 Å². The lowest BCUT2D eigenvalue weighted by atomic mass is 9.76. The van der Waals surface area contributed by atoms with Gasteiger partial charge in [0.25, 0.3) is 0 Å². The molecule has 0 saturated heterocycles. The summed E-state index contributed by atoms with van der Waals surface area (Å²) in [6.45, 7) is 12.8. The monoisotopic (exact) mass is 304 g/mol. The lowest BCUT2D eigenvalue weighted by Gasteiger charge is -2.33. The highest BCUT2D eigenvalue weighted by Gasteiger charge is 2.45. The first-order valence-electron chi connectivity index (χ1n) is 8.68. The zero-order valence-electron chi connectivity index (χ0n) is 14.5. The summed E-state index contributed by atoms with van der Waals surface area (Å²) < 4.78 is 0. The molecule has 0 aliphatic heterocycles. The second-order valence-corrected chi connectivity index (χ2v) is 7.64. The molecule has 2 aliphatic rings. The molecule has 0 bridgehead atoms. The Hall–Kier alpha value is -0.860. The number of aliphatic hydroxyl groups is 2. The molecule has 0 radical (unpaired) electrons. The van der Waals surface area contributed by atoms with Gasteiger partial charge in [0, 0.05) is 11.8 Å². The van der Waals surface area contributed by atoms with Crippen molar-refractivity contribution in [2.24, 2.45) is 23.7 Å².